The second-order valence-corrected chi connectivity index (χ2v) is 8.08. The number of carbonyl (C=O) groups is 1. The molecule has 2 aromatic carbocycles. The van der Waals surface area contributed by atoms with E-state index >= 15 is 0 Å². The number of carbonyl (C=O) groups excluding carboxylic acids is 1. The molecule has 0 aliphatic carbocycles. The quantitative estimate of drug-likeness (QED) is 0.558. The molecule has 0 aromatic heterocycles. The Kier molecular flexibility index (Phi) is 6.60. The average Bonchev–Trinajstić information content (AvgIpc) is 2.57. The largest absolute Gasteiger partial charge is 0.508 e. The van der Waals surface area contributed by atoms with Gasteiger partial charge in [0.2, 0.25) is 10.0 Å². The number of amides is 1. The third-order valence-electron chi connectivity index (χ3n) is 3.22. The lowest BCUT2D eigenvalue weighted by Gasteiger charge is -2.17. The van der Waals surface area contributed by atoms with Gasteiger partial charge in [0, 0.05) is 12.1 Å². The Balaban J connectivity index is 2.03. The summed E-state index contributed by atoms with van der Waals surface area (Å²) in [6.07, 6.45) is 1.32. The van der Waals surface area contributed by atoms with Crippen LogP contribution < -0.4 is 5.43 Å². The first-order valence-corrected chi connectivity index (χ1v) is 9.42. The molecule has 0 radical (unpaired) electrons. The number of phenolic OH excluding ortho intramolecular Hbond substituents is 1. The molecule has 0 spiro atoms. The van der Waals surface area contributed by atoms with E-state index in [-0.39, 0.29) is 20.7 Å². The van der Waals surface area contributed by atoms with E-state index in [0.717, 1.165) is 4.31 Å². The zero-order chi connectivity index (χ0) is 19.3. The molecule has 26 heavy (non-hydrogen) atoms. The van der Waals surface area contributed by atoms with E-state index in [0.29, 0.717) is 5.56 Å². The lowest BCUT2D eigenvalue weighted by atomic mass is 10.2. The standard InChI is InChI=1S/C16H15Cl2N3O4S/c1-21(26(24,25)15-8-12(17)5-6-14(15)18)10-16(23)20-19-9-11-3-2-4-13(22)7-11/h2-9,22H,10H2,1H3,(H,20,23)/b19-9-. The van der Waals surface area contributed by atoms with Crippen LogP contribution >= 0.6 is 23.2 Å². The SMILES string of the molecule is CN(CC(=O)N/N=C\c1cccc(O)c1)S(=O)(=O)c1cc(Cl)ccc1Cl. The number of phenols is 1. The molecule has 2 aromatic rings. The first kappa shape index (κ1) is 20.2. The van der Waals surface area contributed by atoms with Crippen LogP contribution in [0.1, 0.15) is 5.56 Å². The second kappa shape index (κ2) is 8.50. The van der Waals surface area contributed by atoms with Crippen molar-refractivity contribution >= 4 is 45.3 Å². The van der Waals surface area contributed by atoms with Gasteiger partial charge in [0.25, 0.3) is 5.91 Å². The molecule has 0 saturated carbocycles. The maximum Gasteiger partial charge on any atom is 0.255 e. The van der Waals surface area contributed by atoms with E-state index in [1.807, 2.05) is 0 Å². The summed E-state index contributed by atoms with van der Waals surface area (Å²) < 4.78 is 25.9. The van der Waals surface area contributed by atoms with Crippen molar-refractivity contribution in [2.45, 2.75) is 4.90 Å². The Morgan fingerprint density at radius 3 is 2.69 bits per heavy atom. The number of halogens is 2. The Morgan fingerprint density at radius 1 is 1.27 bits per heavy atom. The van der Waals surface area contributed by atoms with Crippen molar-refractivity contribution in [2.24, 2.45) is 5.10 Å². The molecule has 0 heterocycles. The Bertz CT molecular complexity index is 948. The number of hydrogen-bond acceptors (Lipinski definition) is 5. The fourth-order valence-electron chi connectivity index (χ4n) is 1.95. The Hall–Kier alpha value is -2.13. The van der Waals surface area contributed by atoms with Gasteiger partial charge >= 0.3 is 0 Å². The number of likely N-dealkylation sites (N-methyl/N-ethyl adjacent to an activating group) is 1. The molecule has 2 N–H and O–H groups in total. The zero-order valence-corrected chi connectivity index (χ0v) is 15.9. The van der Waals surface area contributed by atoms with Gasteiger partial charge in [0.05, 0.1) is 17.8 Å². The minimum absolute atomic E-state index is 0.00330. The fourth-order valence-corrected chi connectivity index (χ4v) is 3.81. The lowest BCUT2D eigenvalue weighted by Crippen LogP contribution is -2.36. The number of hydrogen-bond donors (Lipinski definition) is 2. The van der Waals surface area contributed by atoms with Gasteiger partial charge in [-0.3, -0.25) is 4.79 Å². The summed E-state index contributed by atoms with van der Waals surface area (Å²) in [7, 11) is -2.76. The number of hydrazone groups is 1. The van der Waals surface area contributed by atoms with E-state index in [2.05, 4.69) is 10.5 Å². The molecular formula is C16H15Cl2N3O4S. The summed E-state index contributed by atoms with van der Waals surface area (Å²) in [6.45, 7) is -0.470. The normalized spacial score (nSPS) is 11.8. The number of rotatable bonds is 6. The van der Waals surface area contributed by atoms with Crippen molar-refractivity contribution in [3.05, 3.63) is 58.1 Å². The Labute approximate surface area is 160 Å². The van der Waals surface area contributed by atoms with Gasteiger partial charge in [-0.15, -0.1) is 0 Å². The molecule has 0 saturated heterocycles. The van der Waals surface area contributed by atoms with Crippen LogP contribution in [0.5, 0.6) is 5.75 Å². The Morgan fingerprint density at radius 2 is 2.00 bits per heavy atom. The molecule has 2 rings (SSSR count). The summed E-state index contributed by atoms with van der Waals surface area (Å²) in [6, 6.07) is 10.3. The highest BCUT2D eigenvalue weighted by atomic mass is 35.5. The third kappa shape index (κ3) is 5.18. The highest BCUT2D eigenvalue weighted by Gasteiger charge is 2.25. The number of sulfonamides is 1. The maximum atomic E-state index is 12.5. The number of benzene rings is 2. The molecule has 0 unspecified atom stereocenters. The van der Waals surface area contributed by atoms with Crippen LogP contribution in [-0.4, -0.2) is 43.5 Å². The molecule has 0 atom stereocenters. The van der Waals surface area contributed by atoms with E-state index in [4.69, 9.17) is 23.2 Å². The van der Waals surface area contributed by atoms with Gasteiger partial charge in [0.15, 0.2) is 0 Å². The first-order valence-electron chi connectivity index (χ1n) is 7.22. The first-order chi connectivity index (χ1) is 12.2. The van der Waals surface area contributed by atoms with Crippen molar-refractivity contribution in [3.8, 4) is 5.75 Å². The van der Waals surface area contributed by atoms with Crippen molar-refractivity contribution in [3.63, 3.8) is 0 Å². The lowest BCUT2D eigenvalue weighted by molar-refractivity contribution is -0.121. The predicted octanol–water partition coefficient (Wildman–Crippen LogP) is 2.47. The minimum atomic E-state index is -4.00. The van der Waals surface area contributed by atoms with Crippen LogP contribution in [0.25, 0.3) is 0 Å². The molecule has 10 heteroatoms. The molecule has 1 amide bonds. The average molecular weight is 416 g/mol. The van der Waals surface area contributed by atoms with E-state index in [1.54, 1.807) is 12.1 Å². The smallest absolute Gasteiger partial charge is 0.255 e. The third-order valence-corrected chi connectivity index (χ3v) is 5.74. The maximum absolute atomic E-state index is 12.5. The highest BCUT2D eigenvalue weighted by molar-refractivity contribution is 7.89. The van der Waals surface area contributed by atoms with Crippen LogP contribution in [0.4, 0.5) is 0 Å². The molecule has 0 aliphatic heterocycles. The molecule has 0 fully saturated rings. The van der Waals surface area contributed by atoms with Gasteiger partial charge in [-0.2, -0.15) is 9.41 Å². The van der Waals surface area contributed by atoms with E-state index in [1.165, 1.54) is 43.6 Å². The summed E-state index contributed by atoms with van der Waals surface area (Å²) in [4.78, 5) is 11.7. The number of aromatic hydroxyl groups is 1. The van der Waals surface area contributed by atoms with Crippen LogP contribution in [0.15, 0.2) is 52.5 Å². The van der Waals surface area contributed by atoms with Crippen molar-refractivity contribution < 1.29 is 18.3 Å². The topological polar surface area (TPSA) is 99.1 Å². The molecule has 0 aliphatic rings. The van der Waals surface area contributed by atoms with Crippen molar-refractivity contribution in [1.29, 1.82) is 0 Å². The van der Waals surface area contributed by atoms with Gasteiger partial charge in [-0.1, -0.05) is 35.3 Å². The van der Waals surface area contributed by atoms with Gasteiger partial charge in [0.1, 0.15) is 10.6 Å². The zero-order valence-electron chi connectivity index (χ0n) is 13.6. The van der Waals surface area contributed by atoms with Crippen molar-refractivity contribution in [2.75, 3.05) is 13.6 Å². The van der Waals surface area contributed by atoms with Crippen LogP contribution in [0.3, 0.4) is 0 Å². The molecule has 7 nitrogen and oxygen atoms in total. The van der Waals surface area contributed by atoms with Gasteiger partial charge < -0.3 is 5.11 Å². The van der Waals surface area contributed by atoms with E-state index in [9.17, 15) is 18.3 Å². The number of nitrogens with one attached hydrogen (secondary N) is 1. The van der Waals surface area contributed by atoms with Gasteiger partial charge in [-0.05, 0) is 35.9 Å². The summed E-state index contributed by atoms with van der Waals surface area (Å²) in [5.74, 6) is -0.588. The van der Waals surface area contributed by atoms with Crippen LogP contribution in [0, 0.1) is 0 Å². The summed E-state index contributed by atoms with van der Waals surface area (Å²) in [5.41, 5.74) is 2.78. The molecular weight excluding hydrogens is 401 g/mol. The van der Waals surface area contributed by atoms with Crippen molar-refractivity contribution in [1.82, 2.24) is 9.73 Å². The second-order valence-electron chi connectivity index (χ2n) is 5.22. The number of nitrogens with zero attached hydrogens (tertiary/aromatic N) is 2. The van der Waals surface area contributed by atoms with E-state index < -0.39 is 22.5 Å². The molecule has 138 valence electrons. The van der Waals surface area contributed by atoms with Gasteiger partial charge in [-0.25, -0.2) is 13.8 Å². The highest BCUT2D eigenvalue weighted by Crippen LogP contribution is 2.27. The minimum Gasteiger partial charge on any atom is -0.508 e. The predicted molar refractivity (Wildman–Crippen MR) is 100 cm³/mol. The van der Waals surface area contributed by atoms with Crippen LogP contribution in [0.2, 0.25) is 10.0 Å². The summed E-state index contributed by atoms with van der Waals surface area (Å²) in [5, 5.41) is 13.3. The van der Waals surface area contributed by atoms with Crippen LogP contribution in [-0.2, 0) is 14.8 Å². The summed E-state index contributed by atoms with van der Waals surface area (Å²) >= 11 is 11.7. The monoisotopic (exact) mass is 415 g/mol. The molecule has 0 bridgehead atoms. The fraction of sp³-hybridized carbons (Fsp3) is 0.125.